The SMILES string of the molecule is Cc1ccc(C2C(=C([O-])c3ccccc3)C(=O)C(=O)N2CCC[NH+](C)C)o1. The van der Waals surface area contributed by atoms with Crippen molar-refractivity contribution in [2.24, 2.45) is 0 Å². The van der Waals surface area contributed by atoms with Crippen LogP contribution >= 0.6 is 0 Å². The number of nitrogens with one attached hydrogen (secondary N) is 1. The average Bonchev–Trinajstić information content (AvgIpc) is 3.18. The van der Waals surface area contributed by atoms with Crippen LogP contribution in [0.5, 0.6) is 0 Å². The van der Waals surface area contributed by atoms with Gasteiger partial charge in [-0.3, -0.25) is 9.59 Å². The van der Waals surface area contributed by atoms with Gasteiger partial charge in [-0.25, -0.2) is 0 Å². The Morgan fingerprint density at radius 3 is 2.44 bits per heavy atom. The summed E-state index contributed by atoms with van der Waals surface area (Å²) in [6, 6.07) is 11.3. The molecule has 1 saturated heterocycles. The van der Waals surface area contributed by atoms with E-state index in [0.717, 1.165) is 13.0 Å². The maximum atomic E-state index is 13.0. The van der Waals surface area contributed by atoms with Crippen LogP contribution in [0.2, 0.25) is 0 Å². The van der Waals surface area contributed by atoms with Crippen molar-refractivity contribution in [3.05, 3.63) is 65.1 Å². The number of Topliss-reactive ketones (excluding diaryl/α,β-unsaturated/α-hetero) is 1. The molecule has 142 valence electrons. The topological polar surface area (TPSA) is 78.0 Å². The van der Waals surface area contributed by atoms with E-state index >= 15 is 0 Å². The number of carbonyl (C=O) groups is 2. The number of hydrogen-bond acceptors (Lipinski definition) is 4. The van der Waals surface area contributed by atoms with E-state index in [9.17, 15) is 14.7 Å². The number of nitrogens with zero attached hydrogens (tertiary/aromatic N) is 1. The second-order valence-corrected chi connectivity index (χ2v) is 7.10. The summed E-state index contributed by atoms with van der Waals surface area (Å²) in [5.41, 5.74) is 0.360. The Balaban J connectivity index is 2.05. The fourth-order valence-electron chi connectivity index (χ4n) is 3.35. The molecule has 0 bridgehead atoms. The van der Waals surface area contributed by atoms with Crippen molar-refractivity contribution in [1.29, 1.82) is 0 Å². The molecule has 2 aromatic rings. The van der Waals surface area contributed by atoms with Crippen molar-refractivity contribution >= 4 is 17.4 Å². The number of rotatable bonds is 6. The fraction of sp³-hybridized carbons (Fsp3) is 0.333. The number of amides is 1. The van der Waals surface area contributed by atoms with Crippen molar-refractivity contribution in [3.63, 3.8) is 0 Å². The first-order valence-corrected chi connectivity index (χ1v) is 9.07. The van der Waals surface area contributed by atoms with E-state index in [0.29, 0.717) is 23.6 Å². The summed E-state index contributed by atoms with van der Waals surface area (Å²) < 4.78 is 5.71. The third kappa shape index (κ3) is 3.80. The van der Waals surface area contributed by atoms with Gasteiger partial charge in [-0.15, -0.1) is 0 Å². The summed E-state index contributed by atoms with van der Waals surface area (Å²) in [4.78, 5) is 28.1. The van der Waals surface area contributed by atoms with Crippen LogP contribution in [-0.4, -0.2) is 43.8 Å². The molecular weight excluding hydrogens is 344 g/mol. The Hall–Kier alpha value is -2.86. The van der Waals surface area contributed by atoms with E-state index in [1.54, 1.807) is 49.4 Å². The van der Waals surface area contributed by atoms with Crippen molar-refractivity contribution in [2.45, 2.75) is 19.4 Å². The van der Waals surface area contributed by atoms with Gasteiger partial charge in [0, 0.05) is 18.5 Å². The standard InChI is InChI=1S/C21H24N2O4/c1-14-10-11-16(27-14)18-17(19(24)15-8-5-4-6-9-15)20(25)21(26)23(18)13-7-12-22(2)3/h4-6,8-11,18,24H,7,12-13H2,1-3H3. The maximum absolute atomic E-state index is 13.0. The molecule has 0 spiro atoms. The lowest BCUT2D eigenvalue weighted by atomic mass is 9.99. The van der Waals surface area contributed by atoms with Gasteiger partial charge >= 0.3 is 0 Å². The van der Waals surface area contributed by atoms with E-state index in [4.69, 9.17) is 4.42 Å². The second kappa shape index (κ2) is 7.80. The Kier molecular flexibility index (Phi) is 5.46. The number of furan rings is 1. The predicted octanol–water partition coefficient (Wildman–Crippen LogP) is 0.347. The van der Waals surface area contributed by atoms with Gasteiger partial charge in [0.25, 0.3) is 5.91 Å². The summed E-state index contributed by atoms with van der Waals surface area (Å²) >= 11 is 0. The zero-order valence-electron chi connectivity index (χ0n) is 15.8. The molecule has 6 nitrogen and oxygen atoms in total. The van der Waals surface area contributed by atoms with E-state index < -0.39 is 23.5 Å². The summed E-state index contributed by atoms with van der Waals surface area (Å²) in [7, 11) is 4.06. The lowest BCUT2D eigenvalue weighted by molar-refractivity contribution is -0.858. The molecule has 0 radical (unpaired) electrons. The Morgan fingerprint density at radius 1 is 1.15 bits per heavy atom. The van der Waals surface area contributed by atoms with Crippen LogP contribution in [0.3, 0.4) is 0 Å². The normalized spacial score (nSPS) is 19.3. The monoisotopic (exact) mass is 368 g/mol. The third-order valence-electron chi connectivity index (χ3n) is 4.67. The van der Waals surface area contributed by atoms with E-state index in [2.05, 4.69) is 0 Å². The minimum Gasteiger partial charge on any atom is -0.872 e. The predicted molar refractivity (Wildman–Crippen MR) is 98.6 cm³/mol. The van der Waals surface area contributed by atoms with Crippen LogP contribution in [0.25, 0.3) is 5.76 Å². The van der Waals surface area contributed by atoms with E-state index in [1.165, 1.54) is 9.80 Å². The molecule has 1 fully saturated rings. The van der Waals surface area contributed by atoms with Crippen LogP contribution in [0, 0.1) is 6.92 Å². The largest absolute Gasteiger partial charge is 0.872 e. The van der Waals surface area contributed by atoms with E-state index in [1.807, 2.05) is 14.1 Å². The van der Waals surface area contributed by atoms with Gasteiger partial charge in [0.05, 0.1) is 20.6 Å². The summed E-state index contributed by atoms with van der Waals surface area (Å²) in [5, 5.41) is 13.0. The molecule has 3 rings (SSSR count). The number of ketones is 1. The first kappa shape index (κ1) is 18.9. The quantitative estimate of drug-likeness (QED) is 0.453. The van der Waals surface area contributed by atoms with Crippen molar-refractivity contribution in [3.8, 4) is 0 Å². The molecule has 27 heavy (non-hydrogen) atoms. The number of hydrogen-bond donors (Lipinski definition) is 1. The lowest BCUT2D eigenvalue weighted by Crippen LogP contribution is -3.05. The lowest BCUT2D eigenvalue weighted by Gasteiger charge is -2.25. The number of benzene rings is 1. The fourth-order valence-corrected chi connectivity index (χ4v) is 3.35. The highest BCUT2D eigenvalue weighted by Crippen LogP contribution is 2.39. The van der Waals surface area contributed by atoms with Crippen LogP contribution in [-0.2, 0) is 9.59 Å². The minimum absolute atomic E-state index is 0.0299. The average molecular weight is 368 g/mol. The molecule has 2 heterocycles. The number of likely N-dealkylation sites (tertiary alicyclic amines) is 1. The summed E-state index contributed by atoms with van der Waals surface area (Å²) in [6.07, 6.45) is 0.727. The maximum Gasteiger partial charge on any atom is 0.295 e. The number of aryl methyl sites for hydroxylation is 1. The first-order valence-electron chi connectivity index (χ1n) is 9.07. The molecule has 1 amide bonds. The van der Waals surface area contributed by atoms with Crippen molar-refractivity contribution in [2.75, 3.05) is 27.2 Å². The second-order valence-electron chi connectivity index (χ2n) is 7.10. The van der Waals surface area contributed by atoms with Crippen molar-refractivity contribution in [1.82, 2.24) is 4.90 Å². The summed E-state index contributed by atoms with van der Waals surface area (Å²) in [6.45, 7) is 3.04. The van der Waals surface area contributed by atoms with Gasteiger partial charge in [-0.2, -0.15) is 0 Å². The van der Waals surface area contributed by atoms with Crippen molar-refractivity contribution < 1.29 is 24.0 Å². The van der Waals surface area contributed by atoms with Crippen LogP contribution < -0.4 is 10.0 Å². The third-order valence-corrected chi connectivity index (χ3v) is 4.67. The Bertz CT molecular complexity index is 867. The Labute approximate surface area is 158 Å². The van der Waals surface area contributed by atoms with E-state index in [-0.39, 0.29) is 5.57 Å². The highest BCUT2D eigenvalue weighted by atomic mass is 16.3. The number of quaternary nitrogens is 1. The molecule has 1 atom stereocenters. The van der Waals surface area contributed by atoms with Gasteiger partial charge in [-0.1, -0.05) is 36.1 Å². The molecule has 1 aliphatic heterocycles. The molecule has 1 aromatic heterocycles. The number of carbonyl (C=O) groups excluding carboxylic acids is 2. The molecule has 0 saturated carbocycles. The molecule has 1 N–H and O–H groups in total. The highest BCUT2D eigenvalue weighted by molar-refractivity contribution is 6.46. The smallest absolute Gasteiger partial charge is 0.295 e. The van der Waals surface area contributed by atoms with Crippen LogP contribution in [0.15, 0.2) is 52.5 Å². The molecule has 6 heteroatoms. The highest BCUT2D eigenvalue weighted by Gasteiger charge is 2.45. The molecule has 0 aliphatic carbocycles. The van der Waals surface area contributed by atoms with Gasteiger partial charge in [0.1, 0.15) is 17.6 Å². The van der Waals surface area contributed by atoms with Gasteiger partial charge in [0.15, 0.2) is 0 Å². The van der Waals surface area contributed by atoms with Crippen LogP contribution in [0.1, 0.15) is 29.5 Å². The van der Waals surface area contributed by atoms with Gasteiger partial charge in [0.2, 0.25) is 5.78 Å². The Morgan fingerprint density at radius 2 is 1.85 bits per heavy atom. The summed E-state index contributed by atoms with van der Waals surface area (Å²) in [5.74, 6) is -0.680. The molecule has 1 unspecified atom stereocenters. The van der Waals surface area contributed by atoms with Gasteiger partial charge in [-0.05, 0) is 24.6 Å². The molecule has 1 aliphatic rings. The molecule has 1 aromatic carbocycles. The molecular formula is C21H24N2O4. The zero-order chi connectivity index (χ0) is 19.6. The van der Waals surface area contributed by atoms with Gasteiger partial charge < -0.3 is 19.3 Å². The zero-order valence-corrected chi connectivity index (χ0v) is 15.8. The minimum atomic E-state index is -0.774. The first-order chi connectivity index (χ1) is 12.9. The van der Waals surface area contributed by atoms with Crippen LogP contribution in [0.4, 0.5) is 0 Å².